The SMILES string of the molecule is O=C1C=C(c2ccccc2)C(=O)N1c1ccc(Cc2ccc(N3C(=O)C=C(c4ccccc4)C3=O)cc2)cc1. The highest BCUT2D eigenvalue weighted by Gasteiger charge is 2.34. The van der Waals surface area contributed by atoms with Gasteiger partial charge in [-0.2, -0.15) is 0 Å². The van der Waals surface area contributed by atoms with Crippen LogP contribution in [0.15, 0.2) is 121 Å². The zero-order valence-electron chi connectivity index (χ0n) is 20.8. The van der Waals surface area contributed by atoms with E-state index in [4.69, 9.17) is 0 Å². The second kappa shape index (κ2) is 9.84. The van der Waals surface area contributed by atoms with Gasteiger partial charge in [0.15, 0.2) is 0 Å². The minimum atomic E-state index is -0.363. The first-order chi connectivity index (χ1) is 19.0. The highest BCUT2D eigenvalue weighted by Crippen LogP contribution is 2.30. The second-order valence-corrected chi connectivity index (χ2v) is 9.32. The van der Waals surface area contributed by atoms with Crippen LogP contribution in [-0.2, 0) is 25.6 Å². The van der Waals surface area contributed by atoms with E-state index >= 15 is 0 Å². The predicted molar refractivity (Wildman–Crippen MR) is 150 cm³/mol. The molecule has 39 heavy (non-hydrogen) atoms. The van der Waals surface area contributed by atoms with Crippen molar-refractivity contribution in [2.24, 2.45) is 0 Å². The number of carbonyl (C=O) groups excluding carboxylic acids is 4. The minimum Gasteiger partial charge on any atom is -0.269 e. The van der Waals surface area contributed by atoms with Crippen molar-refractivity contribution in [2.75, 3.05) is 9.80 Å². The zero-order valence-corrected chi connectivity index (χ0v) is 20.8. The van der Waals surface area contributed by atoms with Crippen LogP contribution in [0.25, 0.3) is 11.1 Å². The van der Waals surface area contributed by atoms with Crippen LogP contribution in [0.3, 0.4) is 0 Å². The van der Waals surface area contributed by atoms with Gasteiger partial charge in [0.1, 0.15) is 0 Å². The van der Waals surface area contributed by atoms with E-state index in [1.54, 1.807) is 24.3 Å². The highest BCUT2D eigenvalue weighted by atomic mass is 16.2. The van der Waals surface area contributed by atoms with Crippen LogP contribution >= 0.6 is 0 Å². The lowest BCUT2D eigenvalue weighted by Gasteiger charge is -2.16. The predicted octanol–water partition coefficient (Wildman–Crippen LogP) is 5.19. The van der Waals surface area contributed by atoms with E-state index < -0.39 is 0 Å². The number of amides is 4. The summed E-state index contributed by atoms with van der Waals surface area (Å²) in [6.45, 7) is 0. The third kappa shape index (κ3) is 4.49. The Morgan fingerprint density at radius 2 is 0.795 bits per heavy atom. The number of benzene rings is 4. The summed E-state index contributed by atoms with van der Waals surface area (Å²) in [6, 6.07) is 32.9. The van der Waals surface area contributed by atoms with Crippen LogP contribution < -0.4 is 9.80 Å². The molecular formula is C33H22N2O4. The number of imide groups is 2. The number of nitrogens with zero attached hydrogens (tertiary/aromatic N) is 2. The topological polar surface area (TPSA) is 74.8 Å². The molecule has 4 aromatic carbocycles. The fourth-order valence-corrected chi connectivity index (χ4v) is 4.84. The lowest BCUT2D eigenvalue weighted by Crippen LogP contribution is -2.30. The average molecular weight is 511 g/mol. The van der Waals surface area contributed by atoms with Crippen LogP contribution in [0, 0.1) is 0 Å². The first-order valence-corrected chi connectivity index (χ1v) is 12.5. The number of anilines is 2. The van der Waals surface area contributed by atoms with E-state index in [9.17, 15) is 19.2 Å². The Morgan fingerprint density at radius 1 is 0.436 bits per heavy atom. The highest BCUT2D eigenvalue weighted by molar-refractivity contribution is 6.44. The molecule has 0 unspecified atom stereocenters. The van der Waals surface area contributed by atoms with Gasteiger partial charge in [-0.3, -0.25) is 19.2 Å². The average Bonchev–Trinajstić information content (AvgIpc) is 3.44. The molecule has 0 N–H and O–H groups in total. The smallest absolute Gasteiger partial charge is 0.266 e. The molecule has 0 atom stereocenters. The van der Waals surface area contributed by atoms with Crippen molar-refractivity contribution in [3.05, 3.63) is 144 Å². The summed E-state index contributed by atoms with van der Waals surface area (Å²) in [6.07, 6.45) is 3.36. The summed E-state index contributed by atoms with van der Waals surface area (Å²) in [5, 5.41) is 0. The first-order valence-electron chi connectivity index (χ1n) is 12.5. The van der Waals surface area contributed by atoms with Gasteiger partial charge in [0.05, 0.1) is 22.5 Å². The maximum atomic E-state index is 13.0. The molecule has 188 valence electrons. The monoisotopic (exact) mass is 510 g/mol. The Hall–Kier alpha value is -5.36. The van der Waals surface area contributed by atoms with Gasteiger partial charge in [0, 0.05) is 12.2 Å². The van der Waals surface area contributed by atoms with E-state index in [2.05, 4.69) is 0 Å². The molecule has 2 aliphatic heterocycles. The van der Waals surface area contributed by atoms with Gasteiger partial charge in [-0.25, -0.2) is 9.80 Å². The molecule has 0 aliphatic carbocycles. The third-order valence-corrected chi connectivity index (χ3v) is 6.81. The van der Waals surface area contributed by atoms with Crippen molar-refractivity contribution >= 4 is 46.1 Å². The zero-order chi connectivity index (χ0) is 26.9. The summed E-state index contributed by atoms with van der Waals surface area (Å²) < 4.78 is 0. The Bertz CT molecular complexity index is 1540. The van der Waals surface area contributed by atoms with E-state index in [1.807, 2.05) is 84.9 Å². The molecule has 0 saturated heterocycles. The van der Waals surface area contributed by atoms with E-state index in [0.717, 1.165) is 11.1 Å². The Balaban J connectivity index is 1.13. The molecule has 2 heterocycles. The molecule has 2 aliphatic rings. The van der Waals surface area contributed by atoms with Crippen molar-refractivity contribution in [1.82, 2.24) is 0 Å². The number of rotatable bonds is 6. The summed E-state index contributed by atoms with van der Waals surface area (Å²) in [4.78, 5) is 53.5. The molecule has 6 heteroatoms. The third-order valence-electron chi connectivity index (χ3n) is 6.81. The number of carbonyl (C=O) groups is 4. The van der Waals surface area contributed by atoms with Gasteiger partial charge in [-0.15, -0.1) is 0 Å². The van der Waals surface area contributed by atoms with Gasteiger partial charge >= 0.3 is 0 Å². The molecular weight excluding hydrogens is 488 g/mol. The number of hydrogen-bond donors (Lipinski definition) is 0. The van der Waals surface area contributed by atoms with Crippen molar-refractivity contribution < 1.29 is 19.2 Å². The lowest BCUT2D eigenvalue weighted by molar-refractivity contribution is -0.121. The van der Waals surface area contributed by atoms with Crippen molar-refractivity contribution in [3.8, 4) is 0 Å². The summed E-state index contributed by atoms with van der Waals surface area (Å²) in [5.41, 5.74) is 5.19. The maximum absolute atomic E-state index is 13.0. The lowest BCUT2D eigenvalue weighted by atomic mass is 10.0. The van der Waals surface area contributed by atoms with Gasteiger partial charge < -0.3 is 0 Å². The van der Waals surface area contributed by atoms with Crippen LogP contribution in [0.5, 0.6) is 0 Å². The van der Waals surface area contributed by atoms with E-state index in [0.29, 0.717) is 40.1 Å². The first kappa shape index (κ1) is 24.0. The van der Waals surface area contributed by atoms with Crippen LogP contribution in [-0.4, -0.2) is 23.6 Å². The van der Waals surface area contributed by atoms with Crippen molar-refractivity contribution in [3.63, 3.8) is 0 Å². The molecule has 6 nitrogen and oxygen atoms in total. The van der Waals surface area contributed by atoms with Crippen LogP contribution in [0.4, 0.5) is 11.4 Å². The quantitative estimate of drug-likeness (QED) is 0.335. The minimum absolute atomic E-state index is 0.342. The molecule has 0 bridgehead atoms. The molecule has 4 amide bonds. The van der Waals surface area contributed by atoms with Crippen molar-refractivity contribution in [2.45, 2.75) is 6.42 Å². The molecule has 6 rings (SSSR count). The van der Waals surface area contributed by atoms with Gasteiger partial charge in [0.2, 0.25) is 0 Å². The summed E-state index contributed by atoms with van der Waals surface area (Å²) in [7, 11) is 0. The molecule has 0 fully saturated rings. The fraction of sp³-hybridized carbons (Fsp3) is 0.0303. The molecule has 0 saturated carbocycles. The summed E-state index contributed by atoms with van der Waals surface area (Å²) >= 11 is 0. The van der Waals surface area contributed by atoms with Crippen molar-refractivity contribution in [1.29, 1.82) is 0 Å². The Kier molecular flexibility index (Phi) is 6.05. The Labute approximate surface area is 225 Å². The van der Waals surface area contributed by atoms with Crippen LogP contribution in [0.1, 0.15) is 22.3 Å². The standard InChI is InChI=1S/C33H22N2O4/c36-30-20-28(24-7-3-1-4-8-24)32(38)34(30)26-15-11-22(12-16-26)19-23-13-17-27(18-14-23)35-31(37)21-29(33(35)39)25-9-5-2-6-10-25/h1-18,20-21H,19H2. The van der Waals surface area contributed by atoms with Gasteiger partial charge in [0.25, 0.3) is 23.6 Å². The van der Waals surface area contributed by atoms with Gasteiger partial charge in [-0.05, 0) is 52.9 Å². The second-order valence-electron chi connectivity index (χ2n) is 9.32. The number of hydrogen-bond acceptors (Lipinski definition) is 4. The van der Waals surface area contributed by atoms with Gasteiger partial charge in [-0.1, -0.05) is 84.9 Å². The molecule has 0 aromatic heterocycles. The van der Waals surface area contributed by atoms with E-state index in [-0.39, 0.29) is 23.6 Å². The molecule has 4 aromatic rings. The fourth-order valence-electron chi connectivity index (χ4n) is 4.84. The molecule has 0 spiro atoms. The normalized spacial score (nSPS) is 15.2. The summed E-state index contributed by atoms with van der Waals surface area (Å²) in [5.74, 6) is -1.41. The Morgan fingerprint density at radius 3 is 1.15 bits per heavy atom. The van der Waals surface area contributed by atoms with E-state index in [1.165, 1.54) is 22.0 Å². The maximum Gasteiger partial charge on any atom is 0.266 e. The largest absolute Gasteiger partial charge is 0.269 e. The van der Waals surface area contributed by atoms with Crippen LogP contribution in [0.2, 0.25) is 0 Å². The molecule has 0 radical (unpaired) electrons.